The second kappa shape index (κ2) is 7.38. The molecule has 0 aromatic carbocycles. The Balaban J connectivity index is 2.30. The van der Waals surface area contributed by atoms with Crippen molar-refractivity contribution in [2.24, 2.45) is 0 Å². The Morgan fingerprint density at radius 2 is 2.10 bits per heavy atom. The summed E-state index contributed by atoms with van der Waals surface area (Å²) in [5.41, 5.74) is 1.87. The molecule has 0 fully saturated rings. The molecule has 0 radical (unpaired) electrons. The summed E-state index contributed by atoms with van der Waals surface area (Å²) in [6.45, 7) is 8.40. The zero-order valence-corrected chi connectivity index (χ0v) is 14.3. The fourth-order valence-electron chi connectivity index (χ4n) is 2.32. The third-order valence-electron chi connectivity index (χ3n) is 3.48. The van der Waals surface area contributed by atoms with Gasteiger partial charge in [-0.15, -0.1) is 11.6 Å². The summed E-state index contributed by atoms with van der Waals surface area (Å²) in [5.74, 6) is 1.60. The highest BCUT2D eigenvalue weighted by Crippen LogP contribution is 2.19. The van der Waals surface area contributed by atoms with Crippen LogP contribution in [0.3, 0.4) is 0 Å². The second-order valence-corrected chi connectivity index (χ2v) is 5.94. The molecule has 2 aromatic rings. The number of hydrogen-bond acceptors (Lipinski definition) is 3. The minimum Gasteiger partial charge on any atom is -0.311 e. The number of aromatic nitrogens is 3. The van der Waals surface area contributed by atoms with Crippen molar-refractivity contribution >= 4 is 38.7 Å². The second-order valence-electron chi connectivity index (χ2n) is 4.64. The summed E-state index contributed by atoms with van der Waals surface area (Å²) in [5, 5.41) is 0. The number of likely N-dealkylation sites (N-methyl/N-ethyl adjacent to an activating group) is 1. The fraction of sp³-hybridized carbons (Fsp3) is 0.571. The minimum atomic E-state index is 0.579. The standard InChI is InChI=1S/C14H20BrClN4/c1-3-19(4-2)7-8-20-13(5-6-16)18-12-9-11(15)10-17-14(12)20/h9-10H,3-8H2,1-2H3. The Bertz CT molecular complexity index is 566. The van der Waals surface area contributed by atoms with Crippen LogP contribution >= 0.6 is 27.5 Å². The van der Waals surface area contributed by atoms with Crippen LogP contribution in [0.2, 0.25) is 0 Å². The molecule has 0 spiro atoms. The third-order valence-corrected chi connectivity index (χ3v) is 4.11. The number of imidazole rings is 1. The van der Waals surface area contributed by atoms with E-state index in [2.05, 4.69) is 49.2 Å². The van der Waals surface area contributed by atoms with Crippen LogP contribution in [-0.4, -0.2) is 44.9 Å². The molecule has 2 heterocycles. The molecule has 110 valence electrons. The van der Waals surface area contributed by atoms with E-state index in [1.54, 1.807) is 0 Å². The summed E-state index contributed by atoms with van der Waals surface area (Å²) >= 11 is 9.33. The summed E-state index contributed by atoms with van der Waals surface area (Å²) in [4.78, 5) is 11.6. The summed E-state index contributed by atoms with van der Waals surface area (Å²) in [6, 6.07) is 2.01. The maximum absolute atomic E-state index is 5.89. The van der Waals surface area contributed by atoms with Crippen molar-refractivity contribution in [1.29, 1.82) is 0 Å². The van der Waals surface area contributed by atoms with E-state index in [-0.39, 0.29) is 0 Å². The molecule has 6 heteroatoms. The van der Waals surface area contributed by atoms with Crippen LogP contribution in [0.5, 0.6) is 0 Å². The molecule has 0 amide bonds. The van der Waals surface area contributed by atoms with Gasteiger partial charge in [-0.3, -0.25) is 0 Å². The molecule has 0 saturated heterocycles. The van der Waals surface area contributed by atoms with Crippen LogP contribution in [-0.2, 0) is 13.0 Å². The van der Waals surface area contributed by atoms with Crippen LogP contribution in [0.15, 0.2) is 16.7 Å². The van der Waals surface area contributed by atoms with Crippen molar-refractivity contribution in [3.63, 3.8) is 0 Å². The van der Waals surface area contributed by atoms with E-state index in [9.17, 15) is 0 Å². The maximum atomic E-state index is 5.89. The Hall–Kier alpha value is -0.650. The highest BCUT2D eigenvalue weighted by atomic mass is 79.9. The van der Waals surface area contributed by atoms with Crippen LogP contribution < -0.4 is 0 Å². The van der Waals surface area contributed by atoms with Gasteiger partial charge >= 0.3 is 0 Å². The first-order valence-corrected chi connectivity index (χ1v) is 8.31. The largest absolute Gasteiger partial charge is 0.311 e. The smallest absolute Gasteiger partial charge is 0.160 e. The van der Waals surface area contributed by atoms with Crippen LogP contribution in [0.25, 0.3) is 11.2 Å². The SMILES string of the molecule is CCN(CC)CCn1c(CCCl)nc2cc(Br)cnc21. The van der Waals surface area contributed by atoms with Crippen molar-refractivity contribution in [1.82, 2.24) is 19.4 Å². The Labute approximate surface area is 133 Å². The quantitative estimate of drug-likeness (QED) is 0.711. The van der Waals surface area contributed by atoms with Gasteiger partial charge in [0.15, 0.2) is 5.65 Å². The lowest BCUT2D eigenvalue weighted by Gasteiger charge is -2.19. The number of halogens is 2. The molecule has 0 atom stereocenters. The number of nitrogens with zero attached hydrogens (tertiary/aromatic N) is 4. The van der Waals surface area contributed by atoms with Gasteiger partial charge in [0.05, 0.1) is 0 Å². The van der Waals surface area contributed by atoms with E-state index in [0.717, 1.165) is 54.1 Å². The predicted molar refractivity (Wildman–Crippen MR) is 87.4 cm³/mol. The fourth-order valence-corrected chi connectivity index (χ4v) is 2.81. The Kier molecular flexibility index (Phi) is 5.81. The number of hydrogen-bond donors (Lipinski definition) is 0. The first kappa shape index (κ1) is 15.7. The topological polar surface area (TPSA) is 34.0 Å². The van der Waals surface area contributed by atoms with Gasteiger partial charge in [-0.05, 0) is 35.1 Å². The molecule has 4 nitrogen and oxygen atoms in total. The van der Waals surface area contributed by atoms with Crippen LogP contribution in [0, 0.1) is 0 Å². The molecule has 0 unspecified atom stereocenters. The lowest BCUT2D eigenvalue weighted by molar-refractivity contribution is 0.290. The number of alkyl halides is 1. The zero-order chi connectivity index (χ0) is 14.5. The van der Waals surface area contributed by atoms with Crippen molar-refractivity contribution in [2.75, 3.05) is 25.5 Å². The van der Waals surface area contributed by atoms with E-state index in [0.29, 0.717) is 5.88 Å². The third kappa shape index (κ3) is 3.51. The van der Waals surface area contributed by atoms with Crippen molar-refractivity contribution in [2.45, 2.75) is 26.8 Å². The van der Waals surface area contributed by atoms with E-state index in [1.807, 2.05) is 12.3 Å². The van der Waals surface area contributed by atoms with Gasteiger partial charge in [-0.25, -0.2) is 9.97 Å². The summed E-state index contributed by atoms with van der Waals surface area (Å²) in [6.07, 6.45) is 2.59. The van der Waals surface area contributed by atoms with Gasteiger partial charge in [-0.2, -0.15) is 0 Å². The Morgan fingerprint density at radius 3 is 2.75 bits per heavy atom. The molecule has 20 heavy (non-hydrogen) atoms. The van der Waals surface area contributed by atoms with E-state index < -0.39 is 0 Å². The predicted octanol–water partition coefficient (Wildman–Crippen LogP) is 3.32. The molecule has 2 rings (SSSR count). The van der Waals surface area contributed by atoms with Gasteiger partial charge in [0.25, 0.3) is 0 Å². The van der Waals surface area contributed by atoms with Gasteiger partial charge in [0.1, 0.15) is 11.3 Å². The summed E-state index contributed by atoms with van der Waals surface area (Å²) < 4.78 is 3.15. The summed E-state index contributed by atoms with van der Waals surface area (Å²) in [7, 11) is 0. The molecular formula is C14H20BrClN4. The average molecular weight is 360 g/mol. The van der Waals surface area contributed by atoms with Gasteiger partial charge in [-0.1, -0.05) is 13.8 Å². The maximum Gasteiger partial charge on any atom is 0.160 e. The highest BCUT2D eigenvalue weighted by Gasteiger charge is 2.12. The lowest BCUT2D eigenvalue weighted by atomic mass is 10.4. The van der Waals surface area contributed by atoms with Crippen molar-refractivity contribution < 1.29 is 0 Å². The molecular weight excluding hydrogens is 340 g/mol. The number of fused-ring (bicyclic) bond motifs is 1. The highest BCUT2D eigenvalue weighted by molar-refractivity contribution is 9.10. The van der Waals surface area contributed by atoms with Crippen molar-refractivity contribution in [3.8, 4) is 0 Å². The first-order chi connectivity index (χ1) is 9.69. The van der Waals surface area contributed by atoms with E-state index in [1.165, 1.54) is 0 Å². The average Bonchev–Trinajstić information content (AvgIpc) is 2.77. The first-order valence-electron chi connectivity index (χ1n) is 6.98. The van der Waals surface area contributed by atoms with E-state index in [4.69, 9.17) is 11.6 Å². The minimum absolute atomic E-state index is 0.579. The monoisotopic (exact) mass is 358 g/mol. The molecule has 0 saturated carbocycles. The molecule has 0 bridgehead atoms. The van der Waals surface area contributed by atoms with Crippen molar-refractivity contribution in [3.05, 3.63) is 22.6 Å². The lowest BCUT2D eigenvalue weighted by Crippen LogP contribution is -2.27. The van der Waals surface area contributed by atoms with E-state index >= 15 is 0 Å². The van der Waals surface area contributed by atoms with Crippen LogP contribution in [0.4, 0.5) is 0 Å². The molecule has 0 aliphatic carbocycles. The number of aryl methyl sites for hydroxylation is 1. The van der Waals surface area contributed by atoms with Gasteiger partial charge in [0.2, 0.25) is 0 Å². The normalized spacial score (nSPS) is 11.7. The molecule has 2 aromatic heterocycles. The Morgan fingerprint density at radius 1 is 1.35 bits per heavy atom. The number of pyridine rings is 1. The van der Waals surface area contributed by atoms with Gasteiger partial charge in [0, 0.05) is 36.1 Å². The van der Waals surface area contributed by atoms with Gasteiger partial charge < -0.3 is 9.47 Å². The number of rotatable bonds is 7. The molecule has 0 aliphatic heterocycles. The zero-order valence-electron chi connectivity index (χ0n) is 11.9. The molecule has 0 N–H and O–H groups in total. The molecule has 0 aliphatic rings. The van der Waals surface area contributed by atoms with Crippen LogP contribution in [0.1, 0.15) is 19.7 Å².